The first-order chi connectivity index (χ1) is 15.4. The van der Waals surface area contributed by atoms with Gasteiger partial charge < -0.3 is 9.47 Å². The fourth-order valence-corrected chi connectivity index (χ4v) is 5.79. The SMILES string of the molecule is C=C(C)C(=O)OCC1CCCCCCCC1(COC(=O)C(=C)C)C1CCCCCCCC1. The number of esters is 2. The van der Waals surface area contributed by atoms with Crippen LogP contribution >= 0.6 is 0 Å². The van der Waals surface area contributed by atoms with Crippen molar-refractivity contribution < 1.29 is 19.1 Å². The Bertz CT molecular complexity index is 627. The molecule has 2 aliphatic carbocycles. The molecular formula is C28H46O4. The van der Waals surface area contributed by atoms with Crippen LogP contribution < -0.4 is 0 Å². The van der Waals surface area contributed by atoms with E-state index in [0.29, 0.717) is 30.3 Å². The van der Waals surface area contributed by atoms with Crippen LogP contribution in [0.5, 0.6) is 0 Å². The molecule has 0 aliphatic heterocycles. The standard InChI is InChI=1S/C28H46O4/c1-22(2)26(29)31-20-25-18-14-10-7-11-15-19-28(25,21-32-27(30)23(3)4)24-16-12-8-5-6-9-13-17-24/h24-25H,1,3,5-21H2,2,4H3. The highest BCUT2D eigenvalue weighted by molar-refractivity contribution is 5.87. The molecule has 32 heavy (non-hydrogen) atoms. The van der Waals surface area contributed by atoms with Gasteiger partial charge >= 0.3 is 11.9 Å². The van der Waals surface area contributed by atoms with Gasteiger partial charge in [-0.05, 0) is 45.4 Å². The summed E-state index contributed by atoms with van der Waals surface area (Å²) >= 11 is 0. The van der Waals surface area contributed by atoms with E-state index in [9.17, 15) is 9.59 Å². The van der Waals surface area contributed by atoms with Crippen LogP contribution in [0.25, 0.3) is 0 Å². The molecule has 0 radical (unpaired) electrons. The number of carbonyl (C=O) groups is 2. The van der Waals surface area contributed by atoms with Crippen LogP contribution in [0.2, 0.25) is 0 Å². The van der Waals surface area contributed by atoms with Gasteiger partial charge in [0.05, 0.1) is 13.2 Å². The number of carbonyl (C=O) groups excluding carboxylic acids is 2. The van der Waals surface area contributed by atoms with Crippen molar-refractivity contribution in [3.8, 4) is 0 Å². The lowest BCUT2D eigenvalue weighted by Gasteiger charge is -2.46. The first kappa shape index (κ1) is 26.7. The molecule has 0 spiro atoms. The topological polar surface area (TPSA) is 52.6 Å². The number of hydrogen-bond acceptors (Lipinski definition) is 4. The van der Waals surface area contributed by atoms with Gasteiger partial charge in [0.2, 0.25) is 0 Å². The number of ether oxygens (including phenoxy) is 2. The Balaban J connectivity index is 2.38. The van der Waals surface area contributed by atoms with Gasteiger partial charge in [-0.15, -0.1) is 0 Å². The quantitative estimate of drug-likeness (QED) is 0.303. The van der Waals surface area contributed by atoms with E-state index in [4.69, 9.17) is 9.47 Å². The highest BCUT2D eigenvalue weighted by Gasteiger charge is 2.46. The number of hydrogen-bond donors (Lipinski definition) is 0. The van der Waals surface area contributed by atoms with E-state index in [1.807, 2.05) is 0 Å². The van der Waals surface area contributed by atoms with Gasteiger partial charge in [0.15, 0.2) is 0 Å². The first-order valence-corrected chi connectivity index (χ1v) is 13.0. The van der Waals surface area contributed by atoms with Gasteiger partial charge in [-0.2, -0.15) is 0 Å². The van der Waals surface area contributed by atoms with Gasteiger partial charge in [0.25, 0.3) is 0 Å². The largest absolute Gasteiger partial charge is 0.462 e. The Morgan fingerprint density at radius 2 is 1.19 bits per heavy atom. The zero-order valence-electron chi connectivity index (χ0n) is 20.7. The zero-order chi connectivity index (χ0) is 23.4. The predicted octanol–water partition coefficient (Wildman–Crippen LogP) is 7.32. The maximum atomic E-state index is 12.5. The van der Waals surface area contributed by atoms with E-state index in [1.54, 1.807) is 13.8 Å². The second-order valence-corrected chi connectivity index (χ2v) is 10.4. The summed E-state index contributed by atoms with van der Waals surface area (Å²) in [6.07, 6.45) is 18.1. The Kier molecular flexibility index (Phi) is 11.5. The molecule has 2 atom stereocenters. The predicted molar refractivity (Wildman–Crippen MR) is 130 cm³/mol. The molecule has 2 unspecified atom stereocenters. The molecule has 0 aromatic rings. The highest BCUT2D eigenvalue weighted by atomic mass is 16.5. The summed E-state index contributed by atoms with van der Waals surface area (Å²) in [4.78, 5) is 24.7. The van der Waals surface area contributed by atoms with Crippen molar-refractivity contribution in [3.05, 3.63) is 24.3 Å². The summed E-state index contributed by atoms with van der Waals surface area (Å²) in [5.41, 5.74) is 0.743. The molecule has 0 bridgehead atoms. The summed E-state index contributed by atoms with van der Waals surface area (Å²) < 4.78 is 11.7. The van der Waals surface area contributed by atoms with E-state index in [-0.39, 0.29) is 23.3 Å². The van der Waals surface area contributed by atoms with Crippen molar-refractivity contribution in [2.75, 3.05) is 13.2 Å². The number of rotatable bonds is 7. The maximum absolute atomic E-state index is 12.5. The summed E-state index contributed by atoms with van der Waals surface area (Å²) in [7, 11) is 0. The van der Waals surface area contributed by atoms with Crippen molar-refractivity contribution in [1.29, 1.82) is 0 Å². The summed E-state index contributed by atoms with van der Waals surface area (Å²) in [6.45, 7) is 11.8. The molecule has 0 N–H and O–H groups in total. The van der Waals surface area contributed by atoms with E-state index in [0.717, 1.165) is 25.7 Å². The van der Waals surface area contributed by atoms with Crippen LogP contribution in [0.15, 0.2) is 24.3 Å². The van der Waals surface area contributed by atoms with Crippen molar-refractivity contribution in [2.45, 2.75) is 110 Å². The van der Waals surface area contributed by atoms with Crippen molar-refractivity contribution >= 4 is 11.9 Å². The second-order valence-electron chi connectivity index (χ2n) is 10.4. The molecule has 0 aromatic carbocycles. The molecule has 2 fully saturated rings. The lowest BCUT2D eigenvalue weighted by atomic mass is 9.60. The first-order valence-electron chi connectivity index (χ1n) is 13.0. The van der Waals surface area contributed by atoms with E-state index < -0.39 is 0 Å². The summed E-state index contributed by atoms with van der Waals surface area (Å²) in [6, 6.07) is 0. The summed E-state index contributed by atoms with van der Waals surface area (Å²) in [5, 5.41) is 0. The van der Waals surface area contributed by atoms with Crippen molar-refractivity contribution in [2.24, 2.45) is 17.3 Å². The molecule has 0 heterocycles. The van der Waals surface area contributed by atoms with Crippen molar-refractivity contribution in [3.63, 3.8) is 0 Å². The third-order valence-electron chi connectivity index (χ3n) is 7.76. The summed E-state index contributed by atoms with van der Waals surface area (Å²) in [5.74, 6) is 0.0786. The van der Waals surface area contributed by atoms with Crippen LogP contribution in [-0.4, -0.2) is 25.2 Å². The lowest BCUT2D eigenvalue weighted by molar-refractivity contribution is -0.154. The fraction of sp³-hybridized carbons (Fsp3) is 0.786. The smallest absolute Gasteiger partial charge is 0.333 e. The molecule has 0 saturated heterocycles. The monoisotopic (exact) mass is 446 g/mol. The van der Waals surface area contributed by atoms with Gasteiger partial charge in [0, 0.05) is 22.5 Å². The van der Waals surface area contributed by atoms with E-state index in [1.165, 1.54) is 70.6 Å². The van der Waals surface area contributed by atoms with Crippen LogP contribution in [0.4, 0.5) is 0 Å². The molecule has 2 saturated carbocycles. The average molecular weight is 447 g/mol. The third-order valence-corrected chi connectivity index (χ3v) is 7.76. The van der Waals surface area contributed by atoms with Gasteiger partial charge in [-0.3, -0.25) is 0 Å². The maximum Gasteiger partial charge on any atom is 0.333 e. The van der Waals surface area contributed by atoms with Crippen LogP contribution in [-0.2, 0) is 19.1 Å². The Morgan fingerprint density at radius 1 is 0.719 bits per heavy atom. The van der Waals surface area contributed by atoms with E-state index in [2.05, 4.69) is 13.2 Å². The normalized spacial score (nSPS) is 26.2. The highest BCUT2D eigenvalue weighted by Crippen LogP contribution is 2.49. The molecule has 182 valence electrons. The molecule has 2 rings (SSSR count). The van der Waals surface area contributed by atoms with Crippen LogP contribution in [0, 0.1) is 17.3 Å². The Morgan fingerprint density at radius 3 is 1.75 bits per heavy atom. The molecular weight excluding hydrogens is 400 g/mol. The molecule has 2 aliphatic rings. The van der Waals surface area contributed by atoms with Gasteiger partial charge in [-0.25, -0.2) is 9.59 Å². The molecule has 4 nitrogen and oxygen atoms in total. The molecule has 0 aromatic heterocycles. The van der Waals surface area contributed by atoms with Crippen molar-refractivity contribution in [1.82, 2.24) is 0 Å². The average Bonchev–Trinajstić information content (AvgIpc) is 2.96. The van der Waals surface area contributed by atoms with Gasteiger partial charge in [0.1, 0.15) is 0 Å². The Hall–Kier alpha value is -1.58. The fourth-order valence-electron chi connectivity index (χ4n) is 5.79. The van der Waals surface area contributed by atoms with Gasteiger partial charge in [-0.1, -0.05) is 83.8 Å². The minimum Gasteiger partial charge on any atom is -0.462 e. The molecule has 0 amide bonds. The lowest BCUT2D eigenvalue weighted by Crippen LogP contribution is -2.45. The minimum atomic E-state index is -0.313. The second kappa shape index (κ2) is 13.9. The van der Waals surface area contributed by atoms with Crippen LogP contribution in [0.1, 0.15) is 110 Å². The molecule has 4 heteroatoms. The third kappa shape index (κ3) is 8.08. The van der Waals surface area contributed by atoms with Crippen LogP contribution in [0.3, 0.4) is 0 Å². The van der Waals surface area contributed by atoms with E-state index >= 15 is 0 Å². The Labute approximate surface area is 196 Å². The zero-order valence-corrected chi connectivity index (χ0v) is 20.7. The minimum absolute atomic E-state index is 0.144.